The Balaban J connectivity index is 2.53. The van der Waals surface area contributed by atoms with Crippen molar-refractivity contribution in [3.63, 3.8) is 0 Å². The molecule has 0 amide bonds. The zero-order valence-corrected chi connectivity index (χ0v) is 13.9. The van der Waals surface area contributed by atoms with Crippen LogP contribution in [-0.4, -0.2) is 43.4 Å². The average Bonchev–Trinajstić information content (AvgIpc) is 2.35. The molecule has 2 atom stereocenters. The van der Waals surface area contributed by atoms with E-state index in [4.69, 9.17) is 16.3 Å². The van der Waals surface area contributed by atoms with Gasteiger partial charge in [-0.05, 0) is 38.1 Å². The summed E-state index contributed by atoms with van der Waals surface area (Å²) in [4.78, 5) is 2.17. The predicted octanol–water partition coefficient (Wildman–Crippen LogP) is 3.49. The first-order valence-corrected chi connectivity index (χ1v) is 7.45. The van der Waals surface area contributed by atoms with E-state index in [0.717, 1.165) is 16.6 Å². The molecule has 5 heteroatoms. The van der Waals surface area contributed by atoms with E-state index in [-0.39, 0.29) is 0 Å². The molecule has 0 aromatic heterocycles. The van der Waals surface area contributed by atoms with E-state index < -0.39 is 6.10 Å². The lowest BCUT2D eigenvalue weighted by molar-refractivity contribution is 0.0961. The Morgan fingerprint density at radius 2 is 2.16 bits per heavy atom. The number of aliphatic hydroxyl groups is 1. The molecule has 0 aliphatic heterocycles. The molecule has 3 nitrogen and oxygen atoms in total. The van der Waals surface area contributed by atoms with E-state index in [1.165, 1.54) is 0 Å². The molecule has 19 heavy (non-hydrogen) atoms. The highest BCUT2D eigenvalue weighted by molar-refractivity contribution is 9.10. The van der Waals surface area contributed by atoms with Crippen molar-refractivity contribution in [1.29, 1.82) is 0 Å². The van der Waals surface area contributed by atoms with Gasteiger partial charge < -0.3 is 14.7 Å². The van der Waals surface area contributed by atoms with Gasteiger partial charge in [-0.1, -0.05) is 33.6 Å². The molecule has 1 N–H and O–H groups in total. The molecule has 1 aromatic rings. The summed E-state index contributed by atoms with van der Waals surface area (Å²) in [5, 5.41) is 10.8. The Kier molecular flexibility index (Phi) is 7.32. The number of nitrogens with zero attached hydrogens (tertiary/aromatic N) is 1. The molecule has 0 spiro atoms. The summed E-state index contributed by atoms with van der Waals surface area (Å²) in [6, 6.07) is 5.88. The van der Waals surface area contributed by atoms with Crippen LogP contribution in [-0.2, 0) is 4.74 Å². The first-order valence-electron chi connectivity index (χ1n) is 6.28. The fourth-order valence-electron chi connectivity index (χ4n) is 1.84. The average molecular weight is 351 g/mol. The van der Waals surface area contributed by atoms with Crippen LogP contribution < -0.4 is 0 Å². The summed E-state index contributed by atoms with van der Waals surface area (Å²) >= 11 is 9.48. The van der Waals surface area contributed by atoms with Crippen molar-refractivity contribution in [2.45, 2.75) is 25.5 Å². The molecule has 0 radical (unpaired) electrons. The molecular formula is C14H21BrClNO2. The van der Waals surface area contributed by atoms with Crippen molar-refractivity contribution in [3.05, 3.63) is 33.3 Å². The van der Waals surface area contributed by atoms with Gasteiger partial charge in [0, 0.05) is 29.2 Å². The van der Waals surface area contributed by atoms with E-state index in [2.05, 4.69) is 27.8 Å². The number of benzene rings is 1. The van der Waals surface area contributed by atoms with Crippen molar-refractivity contribution in [2.75, 3.05) is 27.3 Å². The van der Waals surface area contributed by atoms with Gasteiger partial charge in [0.2, 0.25) is 0 Å². The molecule has 1 rings (SSSR count). The van der Waals surface area contributed by atoms with Crippen LogP contribution >= 0.6 is 27.5 Å². The minimum atomic E-state index is -0.544. The van der Waals surface area contributed by atoms with Gasteiger partial charge in [-0.25, -0.2) is 0 Å². The van der Waals surface area contributed by atoms with Crippen LogP contribution in [0.15, 0.2) is 22.7 Å². The molecule has 2 unspecified atom stereocenters. The lowest BCUT2D eigenvalue weighted by atomic mass is 10.1. The number of likely N-dealkylation sites (N-methyl/N-ethyl adjacent to an activating group) is 1. The Morgan fingerprint density at radius 3 is 2.74 bits per heavy atom. The minimum Gasteiger partial charge on any atom is -0.388 e. The monoisotopic (exact) mass is 349 g/mol. The number of halogens is 2. The lowest BCUT2D eigenvalue weighted by Crippen LogP contribution is -2.34. The van der Waals surface area contributed by atoms with Crippen LogP contribution in [0.5, 0.6) is 0 Å². The molecule has 0 heterocycles. The molecule has 0 saturated heterocycles. The second-order valence-electron chi connectivity index (χ2n) is 4.76. The maximum absolute atomic E-state index is 10.2. The zero-order valence-electron chi connectivity index (χ0n) is 11.6. The molecule has 0 aliphatic carbocycles. The van der Waals surface area contributed by atoms with Crippen LogP contribution in [0.2, 0.25) is 5.02 Å². The van der Waals surface area contributed by atoms with Gasteiger partial charge in [0.05, 0.1) is 12.7 Å². The molecule has 0 fully saturated rings. The topological polar surface area (TPSA) is 32.7 Å². The second kappa shape index (κ2) is 8.22. The molecule has 108 valence electrons. The predicted molar refractivity (Wildman–Crippen MR) is 82.7 cm³/mol. The lowest BCUT2D eigenvalue weighted by Gasteiger charge is -2.25. The smallest absolute Gasteiger partial charge is 0.0816 e. The normalized spacial score (nSPS) is 14.7. The quantitative estimate of drug-likeness (QED) is 0.817. The van der Waals surface area contributed by atoms with Crippen LogP contribution in [0, 0.1) is 0 Å². The third-order valence-electron chi connectivity index (χ3n) is 3.24. The minimum absolute atomic E-state index is 0.331. The van der Waals surface area contributed by atoms with Gasteiger partial charge in [-0.2, -0.15) is 0 Å². The number of rotatable bonds is 7. The number of methoxy groups -OCH3 is 1. The Hall–Kier alpha value is -0.130. The maximum Gasteiger partial charge on any atom is 0.0816 e. The maximum atomic E-state index is 10.2. The summed E-state index contributed by atoms with van der Waals surface area (Å²) in [7, 11) is 3.72. The Morgan fingerprint density at radius 1 is 1.47 bits per heavy atom. The van der Waals surface area contributed by atoms with Gasteiger partial charge >= 0.3 is 0 Å². The van der Waals surface area contributed by atoms with E-state index in [0.29, 0.717) is 24.1 Å². The summed E-state index contributed by atoms with van der Waals surface area (Å²) in [6.07, 6.45) is 0.101. The number of hydrogen-bond donors (Lipinski definition) is 1. The van der Waals surface area contributed by atoms with Gasteiger partial charge in [0.1, 0.15) is 0 Å². The van der Waals surface area contributed by atoms with Crippen molar-refractivity contribution >= 4 is 27.5 Å². The second-order valence-corrected chi connectivity index (χ2v) is 6.08. The van der Waals surface area contributed by atoms with Crippen molar-refractivity contribution in [1.82, 2.24) is 4.90 Å². The summed E-state index contributed by atoms with van der Waals surface area (Å²) in [6.45, 7) is 3.58. The molecule has 0 aliphatic rings. The fraction of sp³-hybridized carbons (Fsp3) is 0.571. The first kappa shape index (κ1) is 16.9. The standard InChI is InChI=1S/C14H21BrClNO2/c1-10(9-19-3)17(2)7-6-14(18)12-5-4-11(15)8-13(12)16/h4-5,8,10,14,18H,6-7,9H2,1-3H3. The molecule has 0 bridgehead atoms. The molecule has 0 saturated carbocycles. The van der Waals surface area contributed by atoms with Crippen LogP contribution in [0.4, 0.5) is 0 Å². The summed E-state index contributed by atoms with van der Waals surface area (Å²) < 4.78 is 6.03. The number of hydrogen-bond acceptors (Lipinski definition) is 3. The van der Waals surface area contributed by atoms with E-state index in [9.17, 15) is 5.11 Å². The van der Waals surface area contributed by atoms with Crippen molar-refractivity contribution in [2.24, 2.45) is 0 Å². The van der Waals surface area contributed by atoms with Crippen molar-refractivity contribution < 1.29 is 9.84 Å². The van der Waals surface area contributed by atoms with Crippen molar-refractivity contribution in [3.8, 4) is 0 Å². The third-order valence-corrected chi connectivity index (χ3v) is 4.06. The van der Waals surface area contributed by atoms with Gasteiger partial charge in [-0.3, -0.25) is 0 Å². The van der Waals surface area contributed by atoms with Gasteiger partial charge in [0.25, 0.3) is 0 Å². The summed E-state index contributed by atoms with van der Waals surface area (Å²) in [5.74, 6) is 0. The first-order chi connectivity index (χ1) is 8.95. The third kappa shape index (κ3) is 5.40. The fourth-order valence-corrected chi connectivity index (χ4v) is 2.64. The van der Waals surface area contributed by atoms with Gasteiger partial charge in [-0.15, -0.1) is 0 Å². The Labute approximate surface area is 128 Å². The van der Waals surface area contributed by atoms with E-state index in [1.54, 1.807) is 13.2 Å². The van der Waals surface area contributed by atoms with Gasteiger partial charge in [0.15, 0.2) is 0 Å². The van der Waals surface area contributed by atoms with Crippen LogP contribution in [0.3, 0.4) is 0 Å². The zero-order chi connectivity index (χ0) is 14.4. The number of aliphatic hydroxyl groups excluding tert-OH is 1. The Bertz CT molecular complexity index is 403. The SMILES string of the molecule is COCC(C)N(C)CCC(O)c1ccc(Br)cc1Cl. The number of ether oxygens (including phenoxy) is 1. The van der Waals surface area contributed by atoms with Crippen LogP contribution in [0.1, 0.15) is 25.0 Å². The van der Waals surface area contributed by atoms with E-state index >= 15 is 0 Å². The van der Waals surface area contributed by atoms with Crippen LogP contribution in [0.25, 0.3) is 0 Å². The van der Waals surface area contributed by atoms with E-state index in [1.807, 2.05) is 19.2 Å². The molecule has 1 aromatic carbocycles. The largest absolute Gasteiger partial charge is 0.388 e. The molecular weight excluding hydrogens is 330 g/mol. The highest BCUT2D eigenvalue weighted by Gasteiger charge is 2.15. The highest BCUT2D eigenvalue weighted by atomic mass is 79.9. The highest BCUT2D eigenvalue weighted by Crippen LogP contribution is 2.28. The summed E-state index contributed by atoms with van der Waals surface area (Å²) in [5.41, 5.74) is 0.776.